The Labute approximate surface area is 130 Å². The van der Waals surface area contributed by atoms with E-state index in [1.54, 1.807) is 0 Å². The summed E-state index contributed by atoms with van der Waals surface area (Å²) in [7, 11) is 0. The number of hydrogen-bond acceptors (Lipinski definition) is 2. The molecule has 12 heavy (non-hydrogen) atoms. The van der Waals surface area contributed by atoms with Gasteiger partial charge in [-0.2, -0.15) is 0 Å². The van der Waals surface area contributed by atoms with E-state index in [0.717, 1.165) is 13.0 Å². The van der Waals surface area contributed by atoms with Crippen molar-refractivity contribution < 1.29 is 57.5 Å². The number of thiol groups is 1. The molecule has 0 amide bonds. The second-order valence-electron chi connectivity index (χ2n) is 2.53. The van der Waals surface area contributed by atoms with Crippen LogP contribution in [0.15, 0.2) is 0 Å². The van der Waals surface area contributed by atoms with Crippen molar-refractivity contribution in [3.63, 3.8) is 0 Å². The third-order valence-electron chi connectivity index (χ3n) is 1.47. The van der Waals surface area contributed by atoms with Crippen LogP contribution in [0.2, 0.25) is 0 Å². The topological polar surface area (TPSA) is 9.23 Å². The molecule has 0 aromatic carbocycles. The quantitative estimate of drug-likeness (QED) is 0.305. The van der Waals surface area contributed by atoms with Gasteiger partial charge in [0.15, 0.2) is 0 Å². The van der Waals surface area contributed by atoms with E-state index in [9.17, 15) is 0 Å². The van der Waals surface area contributed by atoms with Gasteiger partial charge in [-0.15, -0.1) is 0 Å². The molecule has 0 aromatic heterocycles. The molecule has 1 nitrogen and oxygen atoms in total. The van der Waals surface area contributed by atoms with Gasteiger partial charge in [0.05, 0.1) is 6.61 Å². The van der Waals surface area contributed by atoms with Crippen LogP contribution in [-0.2, 0) is 4.74 Å². The van der Waals surface area contributed by atoms with Gasteiger partial charge in [0, 0.05) is 0 Å². The van der Waals surface area contributed by atoms with Crippen LogP contribution in [0.25, 0.3) is 0 Å². The van der Waals surface area contributed by atoms with Gasteiger partial charge in [0.2, 0.25) is 4.38 Å². The van der Waals surface area contributed by atoms with Crippen molar-refractivity contribution in [3.05, 3.63) is 0 Å². The fourth-order valence-corrected chi connectivity index (χ4v) is 1.04. The number of rotatable bonds is 6. The summed E-state index contributed by atoms with van der Waals surface area (Å²) in [5.74, 6) is 0. The van der Waals surface area contributed by atoms with Crippen LogP contribution in [0.1, 0.15) is 40.5 Å². The summed E-state index contributed by atoms with van der Waals surface area (Å²) in [5.41, 5.74) is 0. The minimum Gasteiger partial charge on any atom is -1.00 e. The number of thiocarbonyl (C=S) groups is 1. The summed E-state index contributed by atoms with van der Waals surface area (Å²) in [6.07, 6.45) is 6.25. The van der Waals surface area contributed by atoms with Crippen molar-refractivity contribution in [2.24, 2.45) is 0 Å². The van der Waals surface area contributed by atoms with E-state index in [2.05, 4.69) is 31.8 Å². The molecule has 0 aliphatic heterocycles. The molecule has 68 valence electrons. The van der Waals surface area contributed by atoms with Crippen LogP contribution < -0.4 is 51.4 Å². The maximum atomic E-state index is 5.02. The van der Waals surface area contributed by atoms with E-state index in [1.807, 2.05) is 0 Å². The van der Waals surface area contributed by atoms with Crippen LogP contribution >= 0.6 is 24.8 Å². The molecule has 0 aliphatic carbocycles. The van der Waals surface area contributed by atoms with Crippen molar-refractivity contribution in [1.82, 2.24) is 0 Å². The summed E-state index contributed by atoms with van der Waals surface area (Å²) < 4.78 is 5.38. The summed E-state index contributed by atoms with van der Waals surface area (Å²) in [4.78, 5) is 0. The average Bonchev–Trinajstić information content (AvgIpc) is 1.96. The fourth-order valence-electron chi connectivity index (χ4n) is 0.865. The molecular weight excluding hydrogens is 215 g/mol. The Morgan fingerprint density at radius 3 is 2.42 bits per heavy atom. The van der Waals surface area contributed by atoms with Crippen molar-refractivity contribution in [1.29, 1.82) is 0 Å². The summed E-state index contributed by atoms with van der Waals surface area (Å²) in [6, 6.07) is 0. The SMILES string of the molecule is CCCCCCCOC(=S)S.[H-].[K+]. The first-order chi connectivity index (χ1) is 5.27. The van der Waals surface area contributed by atoms with Crippen molar-refractivity contribution in [3.8, 4) is 0 Å². The smallest absolute Gasteiger partial charge is 1.00 e. The number of ether oxygens (including phenoxy) is 1. The van der Waals surface area contributed by atoms with Crippen LogP contribution in [0, 0.1) is 0 Å². The Morgan fingerprint density at radius 1 is 1.33 bits per heavy atom. The van der Waals surface area contributed by atoms with Gasteiger partial charge in [-0.25, -0.2) is 0 Å². The van der Waals surface area contributed by atoms with Gasteiger partial charge in [-0.05, 0) is 18.6 Å². The zero-order valence-corrected chi connectivity index (χ0v) is 12.8. The van der Waals surface area contributed by atoms with Crippen molar-refractivity contribution in [2.45, 2.75) is 39.0 Å². The fraction of sp³-hybridized carbons (Fsp3) is 0.875. The third-order valence-corrected chi connectivity index (χ3v) is 1.72. The van der Waals surface area contributed by atoms with Gasteiger partial charge in [0.1, 0.15) is 0 Å². The van der Waals surface area contributed by atoms with Crippen molar-refractivity contribution >= 4 is 29.2 Å². The monoisotopic (exact) mass is 232 g/mol. The zero-order chi connectivity index (χ0) is 8.53. The van der Waals surface area contributed by atoms with E-state index in [4.69, 9.17) is 4.74 Å². The Kier molecular flexibility index (Phi) is 17.5. The molecule has 0 radical (unpaired) electrons. The first-order valence-electron chi connectivity index (χ1n) is 4.13. The Bertz CT molecular complexity index is 114. The molecule has 0 unspecified atom stereocenters. The zero-order valence-electron chi connectivity index (χ0n) is 9.01. The second kappa shape index (κ2) is 12.9. The van der Waals surface area contributed by atoms with E-state index < -0.39 is 0 Å². The Balaban J connectivity index is -0.000000500. The molecule has 0 bridgehead atoms. The molecule has 0 spiro atoms. The molecule has 0 aliphatic rings. The number of unbranched alkanes of at least 4 members (excludes halogenated alkanes) is 4. The standard InChI is InChI=1S/C8H16OS2.K.H/c1-2-3-4-5-6-7-9-8(10)11;;/h2-7H2,1H3,(H,10,11);;/q;+1;-1. The van der Waals surface area contributed by atoms with E-state index in [0.29, 0.717) is 4.38 Å². The molecule has 0 atom stereocenters. The summed E-state index contributed by atoms with van der Waals surface area (Å²) in [5, 5.41) is 0. The minimum atomic E-state index is 0. The van der Waals surface area contributed by atoms with Gasteiger partial charge < -0.3 is 6.16 Å². The Morgan fingerprint density at radius 2 is 1.92 bits per heavy atom. The first kappa shape index (κ1) is 16.3. The predicted octanol–water partition coefficient (Wildman–Crippen LogP) is 0.305. The van der Waals surface area contributed by atoms with Crippen LogP contribution in [0.3, 0.4) is 0 Å². The Hall–Kier alpha value is 1.88. The maximum Gasteiger partial charge on any atom is 1.00 e. The van der Waals surface area contributed by atoms with E-state index in [-0.39, 0.29) is 52.8 Å². The third kappa shape index (κ3) is 14.4. The average molecular weight is 232 g/mol. The van der Waals surface area contributed by atoms with Gasteiger partial charge >= 0.3 is 51.4 Å². The van der Waals surface area contributed by atoms with Crippen LogP contribution in [0.5, 0.6) is 0 Å². The van der Waals surface area contributed by atoms with Crippen LogP contribution in [0.4, 0.5) is 0 Å². The molecule has 4 heteroatoms. The second-order valence-corrected chi connectivity index (χ2v) is 3.61. The molecule has 0 N–H and O–H groups in total. The molecule has 0 aromatic rings. The number of hydrogen-bond donors (Lipinski definition) is 1. The molecular formula is C8H17KOS2. The first-order valence-corrected chi connectivity index (χ1v) is 4.98. The van der Waals surface area contributed by atoms with E-state index in [1.165, 1.54) is 25.7 Å². The normalized spacial score (nSPS) is 8.83. The molecule has 0 saturated carbocycles. The van der Waals surface area contributed by atoms with Gasteiger partial charge in [-0.1, -0.05) is 45.2 Å². The largest absolute Gasteiger partial charge is 1.00 e. The van der Waals surface area contributed by atoms with Gasteiger partial charge in [0.25, 0.3) is 0 Å². The molecule has 0 heterocycles. The van der Waals surface area contributed by atoms with Crippen molar-refractivity contribution in [2.75, 3.05) is 6.61 Å². The van der Waals surface area contributed by atoms with Gasteiger partial charge in [-0.3, -0.25) is 0 Å². The predicted molar refractivity (Wildman–Crippen MR) is 57.4 cm³/mol. The van der Waals surface area contributed by atoms with E-state index >= 15 is 0 Å². The summed E-state index contributed by atoms with van der Waals surface area (Å²) in [6.45, 7) is 2.94. The molecule has 0 rings (SSSR count). The molecule has 0 saturated heterocycles. The minimum absolute atomic E-state index is 0. The maximum absolute atomic E-state index is 5.02. The van der Waals surface area contributed by atoms with Crippen LogP contribution in [-0.4, -0.2) is 11.0 Å². The summed E-state index contributed by atoms with van der Waals surface area (Å²) >= 11 is 8.49. The molecule has 0 fully saturated rings.